The average molecular weight is 266 g/mol. The number of amides is 1. The Morgan fingerprint density at radius 3 is 2.53 bits per heavy atom. The smallest absolute Gasteiger partial charge is 0.219 e. The molecule has 2 unspecified atom stereocenters. The average Bonchev–Trinajstić information content (AvgIpc) is 2.89. The van der Waals surface area contributed by atoms with Crippen molar-refractivity contribution in [3.05, 3.63) is 0 Å². The van der Waals surface area contributed by atoms with Gasteiger partial charge in [0, 0.05) is 26.1 Å². The van der Waals surface area contributed by atoms with Crippen molar-refractivity contribution in [2.24, 2.45) is 17.8 Å². The van der Waals surface area contributed by atoms with Crippen LogP contribution in [0.5, 0.6) is 0 Å². The van der Waals surface area contributed by atoms with E-state index in [0.29, 0.717) is 17.9 Å². The third-order valence-electron chi connectivity index (χ3n) is 5.04. The zero-order valence-electron chi connectivity index (χ0n) is 12.8. The van der Waals surface area contributed by atoms with E-state index in [-0.39, 0.29) is 5.91 Å². The normalized spacial score (nSPS) is 29.2. The number of nitrogens with one attached hydrogen (secondary N) is 1. The summed E-state index contributed by atoms with van der Waals surface area (Å²) in [5, 5.41) is 3.74. The minimum atomic E-state index is 0.234. The van der Waals surface area contributed by atoms with E-state index in [1.54, 1.807) is 6.92 Å². The standard InChI is InChI=1S/C16H30N2O/c1-12(2)15-8-16(11-18(10-15)13(3)19)17-9-14-6-4-5-7-14/h12,14-17H,4-11H2,1-3H3. The van der Waals surface area contributed by atoms with Crippen molar-refractivity contribution >= 4 is 5.91 Å². The third kappa shape index (κ3) is 4.20. The lowest BCUT2D eigenvalue weighted by atomic mass is 9.85. The van der Waals surface area contributed by atoms with E-state index in [1.165, 1.54) is 32.1 Å². The molecule has 1 amide bonds. The number of carbonyl (C=O) groups excluding carboxylic acids is 1. The van der Waals surface area contributed by atoms with Gasteiger partial charge in [-0.1, -0.05) is 26.7 Å². The second-order valence-electron chi connectivity index (χ2n) is 6.92. The number of carbonyl (C=O) groups is 1. The fourth-order valence-corrected chi connectivity index (χ4v) is 3.57. The van der Waals surface area contributed by atoms with Gasteiger partial charge in [-0.3, -0.25) is 4.79 Å². The highest BCUT2D eigenvalue weighted by molar-refractivity contribution is 5.73. The zero-order valence-corrected chi connectivity index (χ0v) is 12.8. The molecule has 1 heterocycles. The molecular weight excluding hydrogens is 236 g/mol. The van der Waals surface area contributed by atoms with Crippen molar-refractivity contribution in [3.8, 4) is 0 Å². The largest absolute Gasteiger partial charge is 0.341 e. The van der Waals surface area contributed by atoms with Crippen molar-refractivity contribution in [2.75, 3.05) is 19.6 Å². The Hall–Kier alpha value is -0.570. The first kappa shape index (κ1) is 14.8. The highest BCUT2D eigenvalue weighted by Gasteiger charge is 2.30. The van der Waals surface area contributed by atoms with Gasteiger partial charge in [-0.25, -0.2) is 0 Å². The first-order valence-electron chi connectivity index (χ1n) is 8.05. The quantitative estimate of drug-likeness (QED) is 0.848. The van der Waals surface area contributed by atoms with E-state index in [9.17, 15) is 4.79 Å². The number of nitrogens with zero attached hydrogens (tertiary/aromatic N) is 1. The van der Waals surface area contributed by atoms with Gasteiger partial charge in [0.1, 0.15) is 0 Å². The van der Waals surface area contributed by atoms with E-state index in [1.807, 2.05) is 4.90 Å². The Balaban J connectivity index is 1.85. The van der Waals surface area contributed by atoms with Gasteiger partial charge >= 0.3 is 0 Å². The molecule has 1 saturated heterocycles. The molecule has 1 saturated carbocycles. The Kier molecular flexibility index (Phi) is 5.26. The fourth-order valence-electron chi connectivity index (χ4n) is 3.57. The monoisotopic (exact) mass is 266 g/mol. The summed E-state index contributed by atoms with van der Waals surface area (Å²) < 4.78 is 0. The lowest BCUT2D eigenvalue weighted by molar-refractivity contribution is -0.131. The van der Waals surface area contributed by atoms with E-state index in [0.717, 1.165) is 25.6 Å². The van der Waals surface area contributed by atoms with Crippen molar-refractivity contribution in [1.29, 1.82) is 0 Å². The molecule has 0 radical (unpaired) electrons. The van der Waals surface area contributed by atoms with Gasteiger partial charge in [0.05, 0.1) is 0 Å². The summed E-state index contributed by atoms with van der Waals surface area (Å²) in [5.74, 6) is 2.43. The van der Waals surface area contributed by atoms with Crippen LogP contribution in [-0.2, 0) is 4.79 Å². The fraction of sp³-hybridized carbons (Fsp3) is 0.938. The van der Waals surface area contributed by atoms with Gasteiger partial charge in [-0.15, -0.1) is 0 Å². The minimum absolute atomic E-state index is 0.234. The van der Waals surface area contributed by atoms with E-state index in [4.69, 9.17) is 0 Å². The molecule has 2 rings (SSSR count). The Morgan fingerprint density at radius 2 is 1.95 bits per heavy atom. The second kappa shape index (κ2) is 6.74. The van der Waals surface area contributed by atoms with Gasteiger partial charge < -0.3 is 10.2 Å². The maximum absolute atomic E-state index is 11.7. The number of piperidine rings is 1. The van der Waals surface area contributed by atoms with Crippen LogP contribution in [0.2, 0.25) is 0 Å². The van der Waals surface area contributed by atoms with Crippen LogP contribution >= 0.6 is 0 Å². The summed E-state index contributed by atoms with van der Waals surface area (Å²) in [4.78, 5) is 13.7. The van der Waals surface area contributed by atoms with Crippen molar-refractivity contribution in [3.63, 3.8) is 0 Å². The highest BCUT2D eigenvalue weighted by atomic mass is 16.2. The molecule has 0 aromatic carbocycles. The van der Waals surface area contributed by atoms with Crippen LogP contribution in [0.3, 0.4) is 0 Å². The molecule has 2 atom stereocenters. The van der Waals surface area contributed by atoms with Gasteiger partial charge in [-0.2, -0.15) is 0 Å². The van der Waals surface area contributed by atoms with Gasteiger partial charge in [0.25, 0.3) is 0 Å². The molecule has 0 bridgehead atoms. The second-order valence-corrected chi connectivity index (χ2v) is 6.92. The van der Waals surface area contributed by atoms with Crippen LogP contribution in [0.1, 0.15) is 52.9 Å². The molecule has 110 valence electrons. The maximum atomic E-state index is 11.7. The summed E-state index contributed by atoms with van der Waals surface area (Å²) in [6.45, 7) is 9.28. The van der Waals surface area contributed by atoms with Crippen LogP contribution in [-0.4, -0.2) is 36.5 Å². The summed E-state index contributed by atoms with van der Waals surface area (Å²) >= 11 is 0. The number of hydrogen-bond donors (Lipinski definition) is 1. The Morgan fingerprint density at radius 1 is 1.26 bits per heavy atom. The molecule has 2 fully saturated rings. The van der Waals surface area contributed by atoms with E-state index in [2.05, 4.69) is 19.2 Å². The lowest BCUT2D eigenvalue weighted by Crippen LogP contribution is -2.52. The molecule has 0 spiro atoms. The van der Waals surface area contributed by atoms with Crippen molar-refractivity contribution < 1.29 is 4.79 Å². The maximum Gasteiger partial charge on any atom is 0.219 e. The molecule has 3 heteroatoms. The van der Waals surface area contributed by atoms with Gasteiger partial charge in [0.2, 0.25) is 5.91 Å². The number of rotatable bonds is 4. The molecular formula is C16H30N2O. The number of likely N-dealkylation sites (tertiary alicyclic amines) is 1. The van der Waals surface area contributed by atoms with Crippen LogP contribution in [0.15, 0.2) is 0 Å². The third-order valence-corrected chi connectivity index (χ3v) is 5.04. The topological polar surface area (TPSA) is 32.3 Å². The summed E-state index contributed by atoms with van der Waals surface area (Å²) in [6, 6.07) is 0.505. The molecule has 0 aromatic rings. The Labute approximate surface area is 118 Å². The van der Waals surface area contributed by atoms with E-state index < -0.39 is 0 Å². The molecule has 19 heavy (non-hydrogen) atoms. The predicted molar refractivity (Wildman–Crippen MR) is 78.9 cm³/mol. The highest BCUT2D eigenvalue weighted by Crippen LogP contribution is 2.26. The van der Waals surface area contributed by atoms with Crippen LogP contribution in [0.4, 0.5) is 0 Å². The summed E-state index contributed by atoms with van der Waals surface area (Å²) in [6.07, 6.45) is 6.83. The van der Waals surface area contributed by atoms with Crippen LogP contribution in [0.25, 0.3) is 0 Å². The first-order valence-corrected chi connectivity index (χ1v) is 8.05. The van der Waals surface area contributed by atoms with Gasteiger partial charge in [-0.05, 0) is 43.6 Å². The summed E-state index contributed by atoms with van der Waals surface area (Å²) in [7, 11) is 0. The first-order chi connectivity index (χ1) is 9.06. The number of hydrogen-bond acceptors (Lipinski definition) is 2. The molecule has 2 aliphatic rings. The van der Waals surface area contributed by atoms with Crippen molar-refractivity contribution in [1.82, 2.24) is 10.2 Å². The zero-order chi connectivity index (χ0) is 13.8. The molecule has 3 nitrogen and oxygen atoms in total. The Bertz CT molecular complexity index is 297. The van der Waals surface area contributed by atoms with E-state index >= 15 is 0 Å². The van der Waals surface area contributed by atoms with Crippen LogP contribution in [0, 0.1) is 17.8 Å². The lowest BCUT2D eigenvalue weighted by Gasteiger charge is -2.40. The molecule has 1 aliphatic carbocycles. The molecule has 1 aliphatic heterocycles. The SMILES string of the molecule is CC(=O)N1CC(NCC2CCCC2)CC(C(C)C)C1. The molecule has 0 aromatic heterocycles. The van der Waals surface area contributed by atoms with Gasteiger partial charge in [0.15, 0.2) is 0 Å². The summed E-state index contributed by atoms with van der Waals surface area (Å²) in [5.41, 5.74) is 0. The molecule has 1 N–H and O–H groups in total. The predicted octanol–water partition coefficient (Wildman–Crippen LogP) is 2.66. The van der Waals surface area contributed by atoms with Crippen molar-refractivity contribution in [2.45, 2.75) is 58.9 Å². The van der Waals surface area contributed by atoms with Crippen LogP contribution < -0.4 is 5.32 Å². The minimum Gasteiger partial charge on any atom is -0.341 e.